The van der Waals surface area contributed by atoms with Crippen LogP contribution in [0.1, 0.15) is 35.9 Å². The topological polar surface area (TPSA) is 46.9 Å². The number of amides is 1. The largest absolute Gasteiger partial charge is 0.352 e. The molecule has 0 aliphatic heterocycles. The van der Waals surface area contributed by atoms with Gasteiger partial charge in [-0.05, 0) is 38.3 Å². The summed E-state index contributed by atoms with van der Waals surface area (Å²) in [6, 6.07) is 9.96. The number of rotatable bonds is 6. The van der Waals surface area contributed by atoms with Gasteiger partial charge in [-0.1, -0.05) is 30.3 Å². The first-order valence-electron chi connectivity index (χ1n) is 7.45. The molecule has 112 valence electrons. The molecule has 0 unspecified atom stereocenters. The number of carbonyl (C=O) groups is 1. The van der Waals surface area contributed by atoms with E-state index in [1.54, 1.807) is 0 Å². The number of nitrogens with zero attached hydrogens (tertiary/aromatic N) is 2. The number of hydrogen-bond donors (Lipinski definition) is 1. The Balaban J connectivity index is 1.85. The van der Waals surface area contributed by atoms with Gasteiger partial charge in [0.1, 0.15) is 0 Å². The van der Waals surface area contributed by atoms with Crippen molar-refractivity contribution in [1.82, 2.24) is 15.1 Å². The van der Waals surface area contributed by atoms with Gasteiger partial charge in [0, 0.05) is 25.2 Å². The molecule has 1 heterocycles. The van der Waals surface area contributed by atoms with E-state index in [1.807, 2.05) is 41.9 Å². The zero-order valence-electron chi connectivity index (χ0n) is 13.0. The smallest absolute Gasteiger partial charge is 0.220 e. The Morgan fingerprint density at radius 3 is 2.57 bits per heavy atom. The molecule has 1 amide bonds. The minimum atomic E-state index is 0.0851. The lowest BCUT2D eigenvalue weighted by atomic mass is 10.1. The summed E-state index contributed by atoms with van der Waals surface area (Å²) in [5.74, 6) is 0.0851. The highest BCUT2D eigenvalue weighted by molar-refractivity contribution is 5.76. The van der Waals surface area contributed by atoms with Gasteiger partial charge in [0.15, 0.2) is 0 Å². The third-order valence-corrected chi connectivity index (χ3v) is 3.77. The lowest BCUT2D eigenvalue weighted by Crippen LogP contribution is -2.23. The molecule has 0 atom stereocenters. The van der Waals surface area contributed by atoms with Gasteiger partial charge in [-0.2, -0.15) is 5.10 Å². The third-order valence-electron chi connectivity index (χ3n) is 3.77. The average Bonchev–Trinajstić information content (AvgIpc) is 2.78. The van der Waals surface area contributed by atoms with Crippen molar-refractivity contribution in [2.75, 3.05) is 0 Å². The zero-order chi connectivity index (χ0) is 15.2. The molecule has 0 bridgehead atoms. The van der Waals surface area contributed by atoms with Crippen LogP contribution >= 0.6 is 0 Å². The number of aromatic nitrogens is 2. The second kappa shape index (κ2) is 7.07. The van der Waals surface area contributed by atoms with Gasteiger partial charge >= 0.3 is 0 Å². The van der Waals surface area contributed by atoms with Crippen LogP contribution in [0.2, 0.25) is 0 Å². The Hall–Kier alpha value is -2.10. The third kappa shape index (κ3) is 3.94. The van der Waals surface area contributed by atoms with Crippen molar-refractivity contribution in [2.45, 2.75) is 46.7 Å². The summed E-state index contributed by atoms with van der Waals surface area (Å²) >= 11 is 0. The van der Waals surface area contributed by atoms with Gasteiger partial charge in [-0.15, -0.1) is 0 Å². The van der Waals surface area contributed by atoms with Crippen molar-refractivity contribution in [3.05, 3.63) is 52.8 Å². The quantitative estimate of drug-likeness (QED) is 0.887. The molecule has 0 aliphatic rings. The second-order valence-corrected chi connectivity index (χ2v) is 5.23. The Labute approximate surface area is 126 Å². The molecule has 0 saturated heterocycles. The molecule has 0 fully saturated rings. The molecule has 0 saturated carbocycles. The predicted molar refractivity (Wildman–Crippen MR) is 84.0 cm³/mol. The summed E-state index contributed by atoms with van der Waals surface area (Å²) < 4.78 is 1.99. The predicted octanol–water partition coefficient (Wildman–Crippen LogP) is 2.77. The molecule has 0 radical (unpaired) electrons. The van der Waals surface area contributed by atoms with Gasteiger partial charge in [0.25, 0.3) is 0 Å². The van der Waals surface area contributed by atoms with E-state index in [2.05, 4.69) is 24.3 Å². The van der Waals surface area contributed by atoms with E-state index >= 15 is 0 Å². The van der Waals surface area contributed by atoms with Crippen molar-refractivity contribution in [3.8, 4) is 0 Å². The number of nitrogens with one attached hydrogen (secondary N) is 1. The van der Waals surface area contributed by atoms with Crippen LogP contribution in [0.4, 0.5) is 0 Å². The van der Waals surface area contributed by atoms with Crippen LogP contribution in [0.3, 0.4) is 0 Å². The minimum Gasteiger partial charge on any atom is -0.352 e. The summed E-state index contributed by atoms with van der Waals surface area (Å²) in [6.45, 7) is 7.62. The molecule has 2 aromatic rings. The van der Waals surface area contributed by atoms with Crippen LogP contribution in [0.25, 0.3) is 0 Å². The van der Waals surface area contributed by atoms with E-state index in [9.17, 15) is 4.79 Å². The molecular formula is C17H23N3O. The van der Waals surface area contributed by atoms with Crippen LogP contribution < -0.4 is 5.32 Å². The van der Waals surface area contributed by atoms with Crippen molar-refractivity contribution in [1.29, 1.82) is 0 Å². The highest BCUT2D eigenvalue weighted by atomic mass is 16.1. The fourth-order valence-corrected chi connectivity index (χ4v) is 2.53. The first-order valence-corrected chi connectivity index (χ1v) is 7.45. The Kier molecular flexibility index (Phi) is 5.14. The molecule has 4 heteroatoms. The van der Waals surface area contributed by atoms with E-state index in [-0.39, 0.29) is 5.91 Å². The summed E-state index contributed by atoms with van der Waals surface area (Å²) in [4.78, 5) is 12.0. The van der Waals surface area contributed by atoms with Gasteiger partial charge in [-0.25, -0.2) is 0 Å². The fourth-order valence-electron chi connectivity index (χ4n) is 2.53. The van der Waals surface area contributed by atoms with Crippen LogP contribution in [-0.4, -0.2) is 15.7 Å². The number of aryl methyl sites for hydroxylation is 2. The molecule has 1 N–H and O–H groups in total. The van der Waals surface area contributed by atoms with Gasteiger partial charge < -0.3 is 5.32 Å². The maximum Gasteiger partial charge on any atom is 0.220 e. The van der Waals surface area contributed by atoms with E-state index in [1.165, 1.54) is 11.3 Å². The van der Waals surface area contributed by atoms with Gasteiger partial charge in [0.05, 0.1) is 5.69 Å². The van der Waals surface area contributed by atoms with E-state index in [0.29, 0.717) is 13.0 Å². The molecule has 0 spiro atoms. The maximum absolute atomic E-state index is 12.0. The van der Waals surface area contributed by atoms with Crippen molar-refractivity contribution >= 4 is 5.91 Å². The lowest BCUT2D eigenvalue weighted by Gasteiger charge is -2.06. The first-order chi connectivity index (χ1) is 10.1. The molecule has 4 nitrogen and oxygen atoms in total. The fraction of sp³-hybridized carbons (Fsp3) is 0.412. The summed E-state index contributed by atoms with van der Waals surface area (Å²) in [5.41, 5.74) is 4.53. The molecule has 0 aliphatic carbocycles. The van der Waals surface area contributed by atoms with Crippen LogP contribution in [-0.2, 0) is 24.3 Å². The normalized spacial score (nSPS) is 10.6. The van der Waals surface area contributed by atoms with Crippen LogP contribution in [0.5, 0.6) is 0 Å². The monoisotopic (exact) mass is 285 g/mol. The Bertz CT molecular complexity index is 602. The number of benzene rings is 1. The van der Waals surface area contributed by atoms with E-state index in [0.717, 1.165) is 24.2 Å². The molecule has 1 aromatic carbocycles. The van der Waals surface area contributed by atoms with Crippen LogP contribution in [0.15, 0.2) is 30.3 Å². The Morgan fingerprint density at radius 2 is 1.95 bits per heavy atom. The highest BCUT2D eigenvalue weighted by Gasteiger charge is 2.12. The van der Waals surface area contributed by atoms with Gasteiger partial charge in [0.2, 0.25) is 5.91 Å². The minimum absolute atomic E-state index is 0.0851. The van der Waals surface area contributed by atoms with E-state index < -0.39 is 0 Å². The van der Waals surface area contributed by atoms with Crippen molar-refractivity contribution in [3.63, 3.8) is 0 Å². The average molecular weight is 285 g/mol. The molecule has 1 aromatic heterocycles. The maximum atomic E-state index is 12.0. The summed E-state index contributed by atoms with van der Waals surface area (Å²) in [5, 5.41) is 7.45. The lowest BCUT2D eigenvalue weighted by molar-refractivity contribution is -0.121. The number of carbonyl (C=O) groups excluding carboxylic acids is 1. The second-order valence-electron chi connectivity index (χ2n) is 5.23. The summed E-state index contributed by atoms with van der Waals surface area (Å²) in [7, 11) is 0. The van der Waals surface area contributed by atoms with E-state index in [4.69, 9.17) is 0 Å². The SMILES string of the molecule is CCn1nc(C)c(CCC(=O)NCc2ccccc2)c1C. The Morgan fingerprint density at radius 1 is 1.24 bits per heavy atom. The van der Waals surface area contributed by atoms with Crippen molar-refractivity contribution in [2.24, 2.45) is 0 Å². The summed E-state index contributed by atoms with van der Waals surface area (Å²) in [6.07, 6.45) is 1.25. The highest BCUT2D eigenvalue weighted by Crippen LogP contribution is 2.15. The van der Waals surface area contributed by atoms with Gasteiger partial charge in [-0.3, -0.25) is 9.48 Å². The zero-order valence-corrected chi connectivity index (χ0v) is 13.0. The molecular weight excluding hydrogens is 262 g/mol. The molecule has 2 rings (SSSR count). The molecule has 21 heavy (non-hydrogen) atoms. The standard InChI is InChI=1S/C17H23N3O/c1-4-20-14(3)16(13(2)19-20)10-11-17(21)18-12-15-8-6-5-7-9-15/h5-9H,4,10-12H2,1-3H3,(H,18,21). The van der Waals surface area contributed by atoms with Crippen LogP contribution in [0, 0.1) is 13.8 Å². The first kappa shape index (κ1) is 15.3. The van der Waals surface area contributed by atoms with Crippen molar-refractivity contribution < 1.29 is 4.79 Å². The number of hydrogen-bond acceptors (Lipinski definition) is 2.